The summed E-state index contributed by atoms with van der Waals surface area (Å²) in [6.45, 7) is 0. The van der Waals surface area contributed by atoms with Crippen LogP contribution in [0.3, 0.4) is 0 Å². The minimum Gasteiger partial charge on any atom is -0.464 e. The van der Waals surface area contributed by atoms with Gasteiger partial charge in [-0.05, 0) is 24.3 Å². The number of furan rings is 1. The lowest BCUT2D eigenvalue weighted by Crippen LogP contribution is -2.07. The van der Waals surface area contributed by atoms with Crippen molar-refractivity contribution in [2.45, 2.75) is 6.18 Å². The largest absolute Gasteiger partial charge is 0.464 e. The van der Waals surface area contributed by atoms with E-state index in [-0.39, 0.29) is 0 Å². The van der Waals surface area contributed by atoms with Gasteiger partial charge in [-0.3, -0.25) is 4.98 Å². The van der Waals surface area contributed by atoms with Crippen LogP contribution in [0.4, 0.5) is 13.2 Å². The van der Waals surface area contributed by atoms with Gasteiger partial charge in [-0.2, -0.15) is 13.2 Å². The quantitative estimate of drug-likeness (QED) is 0.725. The Bertz CT molecular complexity index is 448. The summed E-state index contributed by atoms with van der Waals surface area (Å²) in [4.78, 5) is 3.25. The van der Waals surface area contributed by atoms with Gasteiger partial charge in [-0.1, -0.05) is 0 Å². The van der Waals surface area contributed by atoms with Crippen LogP contribution in [0.5, 0.6) is 0 Å². The number of hydrogen-bond acceptors (Lipinski definition) is 2. The van der Waals surface area contributed by atoms with Gasteiger partial charge in [-0.25, -0.2) is 0 Å². The lowest BCUT2D eigenvalue weighted by molar-refractivity contribution is -0.141. The Balaban J connectivity index is 2.44. The molecule has 2 aromatic heterocycles. The number of aromatic nitrogens is 1. The fourth-order valence-corrected chi connectivity index (χ4v) is 1.18. The molecule has 0 aromatic carbocycles. The standard InChI is InChI=1S/C10H6F3NO/c11-10(12,13)9-6-7(3-4-14-9)8-2-1-5-15-8/h1-6H. The summed E-state index contributed by atoms with van der Waals surface area (Å²) in [5.74, 6) is 0.392. The first kappa shape index (κ1) is 9.76. The van der Waals surface area contributed by atoms with Crippen molar-refractivity contribution in [1.82, 2.24) is 4.98 Å². The van der Waals surface area contributed by atoms with E-state index < -0.39 is 11.9 Å². The number of hydrogen-bond donors (Lipinski definition) is 0. The molecule has 0 amide bonds. The second-order valence-corrected chi connectivity index (χ2v) is 2.90. The highest BCUT2D eigenvalue weighted by Crippen LogP contribution is 2.30. The third kappa shape index (κ3) is 2.01. The van der Waals surface area contributed by atoms with Crippen LogP contribution in [-0.4, -0.2) is 4.98 Å². The first-order valence-electron chi connectivity index (χ1n) is 4.14. The van der Waals surface area contributed by atoms with Gasteiger partial charge in [0.05, 0.1) is 6.26 Å². The van der Waals surface area contributed by atoms with E-state index in [9.17, 15) is 13.2 Å². The molecule has 0 aliphatic carbocycles. The lowest BCUT2D eigenvalue weighted by Gasteiger charge is -2.05. The van der Waals surface area contributed by atoms with Gasteiger partial charge in [0.15, 0.2) is 0 Å². The van der Waals surface area contributed by atoms with Crippen molar-refractivity contribution >= 4 is 0 Å². The molecule has 0 aliphatic rings. The molecule has 0 aliphatic heterocycles. The van der Waals surface area contributed by atoms with Crippen LogP contribution in [-0.2, 0) is 6.18 Å². The number of pyridine rings is 1. The van der Waals surface area contributed by atoms with Crippen molar-refractivity contribution in [3.63, 3.8) is 0 Å². The van der Waals surface area contributed by atoms with Crippen molar-refractivity contribution < 1.29 is 17.6 Å². The molecule has 2 rings (SSSR count). The summed E-state index contributed by atoms with van der Waals surface area (Å²) in [7, 11) is 0. The minimum atomic E-state index is -4.43. The maximum absolute atomic E-state index is 12.3. The molecule has 0 atom stereocenters. The van der Waals surface area contributed by atoms with E-state index in [2.05, 4.69) is 4.98 Å². The zero-order valence-electron chi connectivity index (χ0n) is 7.45. The predicted molar refractivity (Wildman–Crippen MR) is 46.9 cm³/mol. The molecule has 0 fully saturated rings. The van der Waals surface area contributed by atoms with Crippen LogP contribution < -0.4 is 0 Å². The smallest absolute Gasteiger partial charge is 0.433 e. The van der Waals surface area contributed by atoms with E-state index in [0.717, 1.165) is 12.3 Å². The molecular weight excluding hydrogens is 207 g/mol. The van der Waals surface area contributed by atoms with Gasteiger partial charge in [0.25, 0.3) is 0 Å². The van der Waals surface area contributed by atoms with Crippen LogP contribution >= 0.6 is 0 Å². The fraction of sp³-hybridized carbons (Fsp3) is 0.100. The van der Waals surface area contributed by atoms with Gasteiger partial charge in [-0.15, -0.1) is 0 Å². The van der Waals surface area contributed by atoms with E-state index >= 15 is 0 Å². The fourth-order valence-electron chi connectivity index (χ4n) is 1.18. The van der Waals surface area contributed by atoms with E-state index in [1.165, 1.54) is 12.3 Å². The highest BCUT2D eigenvalue weighted by Gasteiger charge is 2.32. The predicted octanol–water partition coefficient (Wildman–Crippen LogP) is 3.36. The molecule has 2 nitrogen and oxygen atoms in total. The molecule has 5 heteroatoms. The monoisotopic (exact) mass is 213 g/mol. The van der Waals surface area contributed by atoms with Crippen molar-refractivity contribution in [2.75, 3.05) is 0 Å². The van der Waals surface area contributed by atoms with Crippen molar-refractivity contribution in [3.8, 4) is 11.3 Å². The summed E-state index contributed by atoms with van der Waals surface area (Å²) >= 11 is 0. The average Bonchev–Trinajstić information content (AvgIpc) is 2.69. The van der Waals surface area contributed by atoms with Crippen molar-refractivity contribution in [1.29, 1.82) is 0 Å². The zero-order chi connectivity index (χ0) is 10.9. The molecule has 0 N–H and O–H groups in total. The normalized spacial score (nSPS) is 11.7. The zero-order valence-corrected chi connectivity index (χ0v) is 7.45. The topological polar surface area (TPSA) is 26.0 Å². The Morgan fingerprint density at radius 1 is 1.20 bits per heavy atom. The first-order valence-corrected chi connectivity index (χ1v) is 4.14. The van der Waals surface area contributed by atoms with Gasteiger partial charge < -0.3 is 4.42 Å². The maximum atomic E-state index is 12.3. The van der Waals surface area contributed by atoms with Crippen molar-refractivity contribution in [2.24, 2.45) is 0 Å². The molecule has 2 heterocycles. The Kier molecular flexibility index (Phi) is 2.22. The molecule has 0 bridgehead atoms. The summed E-state index contributed by atoms with van der Waals surface area (Å²) in [6.07, 6.45) is -1.91. The van der Waals surface area contributed by atoms with E-state index in [1.807, 2.05) is 0 Å². The summed E-state index contributed by atoms with van der Waals surface area (Å²) in [5.41, 5.74) is -0.557. The third-order valence-electron chi connectivity index (χ3n) is 1.86. The van der Waals surface area contributed by atoms with Gasteiger partial charge in [0, 0.05) is 11.8 Å². The molecule has 78 valence electrons. The average molecular weight is 213 g/mol. The van der Waals surface area contributed by atoms with E-state index in [0.29, 0.717) is 11.3 Å². The van der Waals surface area contributed by atoms with Gasteiger partial charge >= 0.3 is 6.18 Å². The molecule has 0 radical (unpaired) electrons. The van der Waals surface area contributed by atoms with Crippen molar-refractivity contribution in [3.05, 3.63) is 42.4 Å². The molecule has 2 aromatic rings. The Hall–Kier alpha value is -1.78. The number of alkyl halides is 3. The van der Waals surface area contributed by atoms with Crippen LogP contribution in [0.15, 0.2) is 41.1 Å². The Morgan fingerprint density at radius 3 is 2.60 bits per heavy atom. The van der Waals surface area contributed by atoms with Crippen LogP contribution in [0.2, 0.25) is 0 Å². The Labute approximate surface area is 83.4 Å². The number of rotatable bonds is 1. The van der Waals surface area contributed by atoms with E-state index in [1.54, 1.807) is 12.1 Å². The Morgan fingerprint density at radius 2 is 2.00 bits per heavy atom. The number of nitrogens with zero attached hydrogens (tertiary/aromatic N) is 1. The molecular formula is C10H6F3NO. The van der Waals surface area contributed by atoms with Crippen LogP contribution in [0.25, 0.3) is 11.3 Å². The van der Waals surface area contributed by atoms with Crippen LogP contribution in [0, 0.1) is 0 Å². The second kappa shape index (κ2) is 3.42. The van der Waals surface area contributed by atoms with Crippen LogP contribution in [0.1, 0.15) is 5.69 Å². The molecule has 0 unspecified atom stereocenters. The summed E-state index contributed by atoms with van der Waals surface area (Å²) in [5, 5.41) is 0. The third-order valence-corrected chi connectivity index (χ3v) is 1.86. The highest BCUT2D eigenvalue weighted by atomic mass is 19.4. The molecule has 0 spiro atoms. The van der Waals surface area contributed by atoms with E-state index in [4.69, 9.17) is 4.42 Å². The molecule has 15 heavy (non-hydrogen) atoms. The summed E-state index contributed by atoms with van der Waals surface area (Å²) < 4.78 is 41.9. The molecule has 0 saturated heterocycles. The first-order chi connectivity index (χ1) is 7.07. The maximum Gasteiger partial charge on any atom is 0.433 e. The lowest BCUT2D eigenvalue weighted by atomic mass is 10.2. The summed E-state index contributed by atoms with van der Waals surface area (Å²) in [6, 6.07) is 5.63. The second-order valence-electron chi connectivity index (χ2n) is 2.90. The molecule has 0 saturated carbocycles. The van der Waals surface area contributed by atoms with Gasteiger partial charge in [0.1, 0.15) is 11.5 Å². The SMILES string of the molecule is FC(F)(F)c1cc(-c2ccco2)ccn1. The van der Waals surface area contributed by atoms with Gasteiger partial charge in [0.2, 0.25) is 0 Å². The highest BCUT2D eigenvalue weighted by molar-refractivity contribution is 5.57. The minimum absolute atomic E-state index is 0.363. The number of halogens is 3.